The largest absolute Gasteiger partial charge is 0.321 e. The highest BCUT2D eigenvalue weighted by molar-refractivity contribution is 7.17. The number of halogens is 1. The van der Waals surface area contributed by atoms with E-state index in [-0.39, 0.29) is 17.6 Å². The van der Waals surface area contributed by atoms with Crippen LogP contribution in [0.2, 0.25) is 0 Å². The van der Waals surface area contributed by atoms with Crippen LogP contribution in [0.1, 0.15) is 28.6 Å². The molecule has 3 aromatic rings. The SMILES string of the molecule is CC(=O)N1CCCc2cc(NC(=O)c3ccc(-c4ccc(F)cc4)s3)ccc21. The molecule has 2 amide bonds. The minimum atomic E-state index is -0.283. The van der Waals surface area contributed by atoms with Gasteiger partial charge < -0.3 is 10.2 Å². The fourth-order valence-corrected chi connectivity index (χ4v) is 4.33. The van der Waals surface area contributed by atoms with Gasteiger partial charge in [0.15, 0.2) is 0 Å². The number of carbonyl (C=O) groups excluding carboxylic acids is 2. The Hall–Kier alpha value is -2.99. The first-order valence-corrected chi connectivity index (χ1v) is 9.91. The van der Waals surface area contributed by atoms with Crippen molar-refractivity contribution in [1.82, 2.24) is 0 Å². The number of benzene rings is 2. The van der Waals surface area contributed by atoms with Crippen molar-refractivity contribution in [3.8, 4) is 10.4 Å². The van der Waals surface area contributed by atoms with Crippen molar-refractivity contribution in [2.45, 2.75) is 19.8 Å². The second-order valence-electron chi connectivity index (χ2n) is 6.74. The maximum Gasteiger partial charge on any atom is 0.265 e. The first-order valence-electron chi connectivity index (χ1n) is 9.09. The van der Waals surface area contributed by atoms with Gasteiger partial charge in [-0.05, 0) is 66.4 Å². The van der Waals surface area contributed by atoms with Crippen molar-refractivity contribution < 1.29 is 14.0 Å². The lowest BCUT2D eigenvalue weighted by atomic mass is 10.0. The summed E-state index contributed by atoms with van der Waals surface area (Å²) in [6.45, 7) is 2.30. The van der Waals surface area contributed by atoms with Gasteiger partial charge in [0.1, 0.15) is 5.82 Å². The van der Waals surface area contributed by atoms with Crippen LogP contribution < -0.4 is 10.2 Å². The Labute approximate surface area is 166 Å². The number of nitrogens with zero attached hydrogens (tertiary/aromatic N) is 1. The normalized spacial score (nSPS) is 13.1. The van der Waals surface area contributed by atoms with E-state index >= 15 is 0 Å². The lowest BCUT2D eigenvalue weighted by molar-refractivity contribution is -0.116. The maximum absolute atomic E-state index is 13.1. The van der Waals surface area contributed by atoms with Crippen molar-refractivity contribution in [2.24, 2.45) is 0 Å². The molecule has 28 heavy (non-hydrogen) atoms. The second-order valence-corrected chi connectivity index (χ2v) is 7.83. The zero-order valence-corrected chi connectivity index (χ0v) is 16.2. The highest BCUT2D eigenvalue weighted by Gasteiger charge is 2.20. The van der Waals surface area contributed by atoms with E-state index in [0.717, 1.165) is 41.1 Å². The number of hydrogen-bond acceptors (Lipinski definition) is 3. The molecule has 4 rings (SSSR count). The molecule has 0 aliphatic carbocycles. The lowest BCUT2D eigenvalue weighted by Gasteiger charge is -2.28. The molecule has 1 aliphatic heterocycles. The quantitative estimate of drug-likeness (QED) is 0.671. The van der Waals surface area contributed by atoms with E-state index in [9.17, 15) is 14.0 Å². The molecule has 0 unspecified atom stereocenters. The predicted octanol–water partition coefficient (Wildman–Crippen LogP) is 5.11. The Balaban J connectivity index is 1.51. The maximum atomic E-state index is 13.1. The number of amides is 2. The molecular weight excluding hydrogens is 375 g/mol. The van der Waals surface area contributed by atoms with Crippen LogP contribution in [-0.4, -0.2) is 18.4 Å². The summed E-state index contributed by atoms with van der Waals surface area (Å²) in [4.78, 5) is 27.7. The van der Waals surface area contributed by atoms with Gasteiger partial charge in [0.25, 0.3) is 5.91 Å². The number of thiophene rings is 1. The summed E-state index contributed by atoms with van der Waals surface area (Å²) in [5.74, 6) is -0.434. The molecule has 2 aromatic carbocycles. The highest BCUT2D eigenvalue weighted by Crippen LogP contribution is 2.31. The van der Waals surface area contributed by atoms with E-state index in [1.54, 1.807) is 30.0 Å². The Morgan fingerprint density at radius 1 is 1.07 bits per heavy atom. The van der Waals surface area contributed by atoms with Gasteiger partial charge in [-0.25, -0.2) is 4.39 Å². The standard InChI is InChI=1S/C22H19FN2O2S/c1-14(26)25-12-2-3-16-13-18(8-9-19(16)25)24-22(27)21-11-10-20(28-21)15-4-6-17(23)7-5-15/h4-11,13H,2-3,12H2,1H3,(H,24,27). The Bertz CT molecular complexity index is 1040. The summed E-state index contributed by atoms with van der Waals surface area (Å²) in [5, 5.41) is 2.93. The number of rotatable bonds is 3. The summed E-state index contributed by atoms with van der Waals surface area (Å²) in [6.07, 6.45) is 1.80. The molecule has 0 radical (unpaired) electrons. The van der Waals surface area contributed by atoms with E-state index in [0.29, 0.717) is 10.6 Å². The summed E-state index contributed by atoms with van der Waals surface area (Å²) in [6, 6.07) is 15.5. The molecule has 1 aliphatic rings. The zero-order chi connectivity index (χ0) is 19.7. The zero-order valence-electron chi connectivity index (χ0n) is 15.4. The molecule has 0 fully saturated rings. The summed E-state index contributed by atoms with van der Waals surface area (Å²) in [7, 11) is 0. The molecule has 0 saturated carbocycles. The van der Waals surface area contributed by atoms with Gasteiger partial charge in [0.2, 0.25) is 5.91 Å². The van der Waals surface area contributed by atoms with Crippen LogP contribution in [0.5, 0.6) is 0 Å². The molecule has 2 heterocycles. The molecule has 1 N–H and O–H groups in total. The molecule has 4 nitrogen and oxygen atoms in total. The number of aryl methyl sites for hydroxylation is 1. The van der Waals surface area contributed by atoms with Crippen LogP contribution in [-0.2, 0) is 11.2 Å². The fraction of sp³-hybridized carbons (Fsp3) is 0.182. The summed E-state index contributed by atoms with van der Waals surface area (Å²) >= 11 is 1.36. The third-order valence-electron chi connectivity index (χ3n) is 4.79. The predicted molar refractivity (Wildman–Crippen MR) is 110 cm³/mol. The fourth-order valence-electron chi connectivity index (χ4n) is 3.42. The van der Waals surface area contributed by atoms with Crippen LogP contribution in [0, 0.1) is 5.82 Å². The van der Waals surface area contributed by atoms with E-state index in [4.69, 9.17) is 0 Å². The Morgan fingerprint density at radius 3 is 2.61 bits per heavy atom. The van der Waals surface area contributed by atoms with E-state index < -0.39 is 0 Å². The monoisotopic (exact) mass is 394 g/mol. The van der Waals surface area contributed by atoms with Crippen molar-refractivity contribution in [2.75, 3.05) is 16.8 Å². The van der Waals surface area contributed by atoms with E-state index in [1.807, 2.05) is 24.3 Å². The highest BCUT2D eigenvalue weighted by atomic mass is 32.1. The van der Waals surface area contributed by atoms with E-state index in [2.05, 4.69) is 5.32 Å². The first-order chi connectivity index (χ1) is 13.5. The number of hydrogen-bond donors (Lipinski definition) is 1. The molecule has 1 aromatic heterocycles. The lowest BCUT2D eigenvalue weighted by Crippen LogP contribution is -2.33. The van der Waals surface area contributed by atoms with Gasteiger partial charge in [0, 0.05) is 29.7 Å². The number of nitrogens with one attached hydrogen (secondary N) is 1. The van der Waals surface area contributed by atoms with Crippen LogP contribution in [0.3, 0.4) is 0 Å². The molecule has 0 bridgehead atoms. The van der Waals surface area contributed by atoms with Gasteiger partial charge in [-0.3, -0.25) is 9.59 Å². The molecule has 142 valence electrons. The Kier molecular flexibility index (Phi) is 4.96. The van der Waals surface area contributed by atoms with Crippen LogP contribution in [0.25, 0.3) is 10.4 Å². The van der Waals surface area contributed by atoms with Gasteiger partial charge in [-0.15, -0.1) is 11.3 Å². The number of anilines is 2. The molecular formula is C22H19FN2O2S. The van der Waals surface area contributed by atoms with Gasteiger partial charge in [-0.2, -0.15) is 0 Å². The molecule has 0 saturated heterocycles. The van der Waals surface area contributed by atoms with Crippen molar-refractivity contribution >= 4 is 34.5 Å². The minimum absolute atomic E-state index is 0.0321. The van der Waals surface area contributed by atoms with Crippen molar-refractivity contribution in [3.63, 3.8) is 0 Å². The Morgan fingerprint density at radius 2 is 1.86 bits per heavy atom. The number of fused-ring (bicyclic) bond motifs is 1. The van der Waals surface area contributed by atoms with Crippen LogP contribution >= 0.6 is 11.3 Å². The smallest absolute Gasteiger partial charge is 0.265 e. The molecule has 0 atom stereocenters. The van der Waals surface area contributed by atoms with Crippen LogP contribution in [0.4, 0.5) is 15.8 Å². The van der Waals surface area contributed by atoms with Gasteiger partial charge >= 0.3 is 0 Å². The van der Waals surface area contributed by atoms with Crippen molar-refractivity contribution in [3.05, 3.63) is 70.9 Å². The minimum Gasteiger partial charge on any atom is -0.321 e. The third-order valence-corrected chi connectivity index (χ3v) is 5.93. The van der Waals surface area contributed by atoms with E-state index in [1.165, 1.54) is 23.5 Å². The topological polar surface area (TPSA) is 49.4 Å². The first kappa shape index (κ1) is 18.4. The third kappa shape index (κ3) is 3.68. The van der Waals surface area contributed by atoms with Crippen LogP contribution in [0.15, 0.2) is 54.6 Å². The van der Waals surface area contributed by atoms with Gasteiger partial charge in [-0.1, -0.05) is 12.1 Å². The molecule has 6 heteroatoms. The molecule has 0 spiro atoms. The average Bonchev–Trinajstić information content (AvgIpc) is 3.18. The van der Waals surface area contributed by atoms with Crippen molar-refractivity contribution in [1.29, 1.82) is 0 Å². The summed E-state index contributed by atoms with van der Waals surface area (Å²) < 4.78 is 13.1. The second kappa shape index (κ2) is 7.56. The number of carbonyl (C=O) groups is 2. The summed E-state index contributed by atoms with van der Waals surface area (Å²) in [5.41, 5.74) is 3.58. The van der Waals surface area contributed by atoms with Gasteiger partial charge in [0.05, 0.1) is 4.88 Å². The average molecular weight is 394 g/mol.